The summed E-state index contributed by atoms with van der Waals surface area (Å²) >= 11 is 6.24. The number of hydrogen-bond donors (Lipinski definition) is 0. The van der Waals surface area contributed by atoms with Crippen LogP contribution in [0.1, 0.15) is 63.4 Å². The summed E-state index contributed by atoms with van der Waals surface area (Å²) < 4.78 is 24.5. The van der Waals surface area contributed by atoms with E-state index >= 15 is 0 Å². The average molecular weight is 433 g/mol. The molecule has 0 N–H and O–H groups in total. The van der Waals surface area contributed by atoms with Gasteiger partial charge < -0.3 is 9.47 Å². The van der Waals surface area contributed by atoms with E-state index in [1.165, 1.54) is 5.56 Å². The van der Waals surface area contributed by atoms with E-state index in [-0.39, 0.29) is 12.5 Å². The fourth-order valence-electron chi connectivity index (χ4n) is 4.05. The number of alkyl halides is 1. The summed E-state index contributed by atoms with van der Waals surface area (Å²) in [6.45, 7) is 1.98. The van der Waals surface area contributed by atoms with Crippen molar-refractivity contribution < 1.29 is 18.7 Å². The van der Waals surface area contributed by atoms with Gasteiger partial charge in [0.2, 0.25) is 0 Å². The van der Waals surface area contributed by atoms with E-state index in [1.54, 1.807) is 7.11 Å². The molecule has 0 spiro atoms. The van der Waals surface area contributed by atoms with Gasteiger partial charge in [0.05, 0.1) is 12.1 Å². The smallest absolute Gasteiger partial charge is 0.340 e. The van der Waals surface area contributed by atoms with Crippen molar-refractivity contribution in [2.24, 2.45) is 0 Å². The molecule has 1 aliphatic rings. The van der Waals surface area contributed by atoms with Crippen molar-refractivity contribution in [3.63, 3.8) is 0 Å². The van der Waals surface area contributed by atoms with E-state index in [4.69, 9.17) is 21.1 Å². The fraction of sp³-hybridized carbons (Fsp3) is 0.480. The minimum absolute atomic E-state index is 0.158. The maximum absolute atomic E-state index is 13.8. The minimum Gasteiger partial charge on any atom is -0.495 e. The van der Waals surface area contributed by atoms with Crippen LogP contribution in [-0.4, -0.2) is 25.4 Å². The Kier molecular flexibility index (Phi) is 8.15. The summed E-state index contributed by atoms with van der Waals surface area (Å²) in [7, 11) is 1.60. The van der Waals surface area contributed by atoms with Crippen LogP contribution in [0.3, 0.4) is 0 Å². The number of methoxy groups -OCH3 is 1. The van der Waals surface area contributed by atoms with Gasteiger partial charge >= 0.3 is 5.97 Å². The van der Waals surface area contributed by atoms with Gasteiger partial charge in [-0.15, -0.1) is 0 Å². The monoisotopic (exact) mass is 432 g/mol. The molecule has 0 aliphatic heterocycles. The number of esters is 1. The van der Waals surface area contributed by atoms with E-state index in [2.05, 4.69) is 24.3 Å². The Balaban J connectivity index is 1.53. The van der Waals surface area contributed by atoms with Gasteiger partial charge in [-0.25, -0.2) is 9.18 Å². The van der Waals surface area contributed by atoms with Crippen LogP contribution >= 0.6 is 11.6 Å². The van der Waals surface area contributed by atoms with Crippen molar-refractivity contribution in [1.82, 2.24) is 0 Å². The predicted molar refractivity (Wildman–Crippen MR) is 119 cm³/mol. The molecule has 0 amide bonds. The summed E-state index contributed by atoms with van der Waals surface area (Å²) in [6.07, 6.45) is 3.66. The van der Waals surface area contributed by atoms with Gasteiger partial charge in [-0.2, -0.15) is 0 Å². The Labute approximate surface area is 183 Å². The lowest BCUT2D eigenvalue weighted by atomic mass is 9.82. The van der Waals surface area contributed by atoms with Crippen molar-refractivity contribution in [2.45, 2.75) is 70.1 Å². The molecule has 5 heteroatoms. The first-order chi connectivity index (χ1) is 14.5. The molecule has 1 atom stereocenters. The Bertz CT molecular complexity index is 829. The molecule has 1 aliphatic carbocycles. The quantitative estimate of drug-likeness (QED) is 0.417. The molecule has 0 aromatic heterocycles. The van der Waals surface area contributed by atoms with Crippen LogP contribution in [0, 0.1) is 0 Å². The van der Waals surface area contributed by atoms with Crippen LogP contribution in [-0.2, 0) is 9.53 Å². The summed E-state index contributed by atoms with van der Waals surface area (Å²) in [6, 6.07) is 14.3. The number of benzene rings is 2. The second kappa shape index (κ2) is 10.8. The SMILES string of the molecule is CCCC[C@H](F)C(=O)OC1CCC(c2ccc(-c3ccc(OC)c(Cl)c3)cc2)CC1. The van der Waals surface area contributed by atoms with E-state index in [0.29, 0.717) is 23.1 Å². The lowest BCUT2D eigenvalue weighted by Crippen LogP contribution is -2.28. The van der Waals surface area contributed by atoms with Gasteiger partial charge in [0.25, 0.3) is 0 Å². The highest BCUT2D eigenvalue weighted by Crippen LogP contribution is 2.36. The van der Waals surface area contributed by atoms with Gasteiger partial charge in [-0.05, 0) is 66.8 Å². The van der Waals surface area contributed by atoms with Crippen molar-refractivity contribution >= 4 is 17.6 Å². The first kappa shape index (κ1) is 22.6. The van der Waals surface area contributed by atoms with Gasteiger partial charge in [0.1, 0.15) is 11.9 Å². The number of rotatable bonds is 8. The van der Waals surface area contributed by atoms with Crippen LogP contribution in [0.4, 0.5) is 4.39 Å². The summed E-state index contributed by atoms with van der Waals surface area (Å²) in [5.41, 5.74) is 3.44. The van der Waals surface area contributed by atoms with E-state index < -0.39 is 12.1 Å². The third kappa shape index (κ3) is 5.75. The third-order valence-corrected chi connectivity index (χ3v) is 6.19. The summed E-state index contributed by atoms with van der Waals surface area (Å²) in [4.78, 5) is 11.9. The van der Waals surface area contributed by atoms with Crippen LogP contribution in [0.5, 0.6) is 5.75 Å². The Hall–Kier alpha value is -2.07. The Morgan fingerprint density at radius 2 is 1.77 bits per heavy atom. The van der Waals surface area contributed by atoms with Crippen molar-refractivity contribution in [3.05, 3.63) is 53.1 Å². The van der Waals surface area contributed by atoms with Gasteiger partial charge in [0, 0.05) is 0 Å². The minimum atomic E-state index is -1.48. The predicted octanol–water partition coefficient (Wildman–Crippen LogP) is 7.11. The molecular weight excluding hydrogens is 403 g/mol. The molecule has 1 saturated carbocycles. The van der Waals surface area contributed by atoms with Gasteiger partial charge in [0.15, 0.2) is 6.17 Å². The molecule has 162 valence electrons. The average Bonchev–Trinajstić information content (AvgIpc) is 2.78. The van der Waals surface area contributed by atoms with Crippen molar-refractivity contribution in [3.8, 4) is 16.9 Å². The number of halogens is 2. The van der Waals surface area contributed by atoms with Crippen LogP contribution in [0.15, 0.2) is 42.5 Å². The maximum Gasteiger partial charge on any atom is 0.340 e. The molecule has 3 rings (SSSR count). The maximum atomic E-state index is 13.8. The lowest BCUT2D eigenvalue weighted by Gasteiger charge is -2.29. The summed E-state index contributed by atoms with van der Waals surface area (Å²) in [5, 5.41) is 0.595. The lowest BCUT2D eigenvalue weighted by molar-refractivity contribution is -0.157. The first-order valence-corrected chi connectivity index (χ1v) is 11.2. The number of carbonyl (C=O) groups excluding carboxylic acids is 1. The molecule has 0 bridgehead atoms. The van der Waals surface area contributed by atoms with E-state index in [9.17, 15) is 9.18 Å². The zero-order valence-corrected chi connectivity index (χ0v) is 18.5. The molecule has 0 heterocycles. The normalized spacial score (nSPS) is 19.9. The zero-order valence-electron chi connectivity index (χ0n) is 17.7. The highest BCUT2D eigenvalue weighted by atomic mass is 35.5. The zero-order chi connectivity index (χ0) is 21.5. The number of unbranched alkanes of at least 4 members (excludes halogenated alkanes) is 1. The van der Waals surface area contributed by atoms with Crippen LogP contribution < -0.4 is 4.74 Å². The van der Waals surface area contributed by atoms with Gasteiger partial charge in [-0.1, -0.05) is 61.7 Å². The standard InChI is InChI=1S/C25H30ClFO3/c1-3-4-5-23(27)25(28)30-21-13-10-18(11-14-21)17-6-8-19(9-7-17)20-12-15-24(29-2)22(26)16-20/h6-9,12,15-16,18,21,23H,3-5,10-11,13-14H2,1-2H3/t18?,21?,23-/m0/s1. The molecule has 0 radical (unpaired) electrons. The number of ether oxygens (including phenoxy) is 2. The highest BCUT2D eigenvalue weighted by Gasteiger charge is 2.27. The molecule has 3 nitrogen and oxygen atoms in total. The first-order valence-electron chi connectivity index (χ1n) is 10.8. The fourth-order valence-corrected chi connectivity index (χ4v) is 4.30. The Morgan fingerprint density at radius 3 is 2.37 bits per heavy atom. The largest absolute Gasteiger partial charge is 0.495 e. The van der Waals surface area contributed by atoms with Crippen LogP contribution in [0.2, 0.25) is 5.02 Å². The molecule has 30 heavy (non-hydrogen) atoms. The molecule has 2 aromatic carbocycles. The van der Waals surface area contributed by atoms with Gasteiger partial charge in [-0.3, -0.25) is 0 Å². The number of carbonyl (C=O) groups is 1. The Morgan fingerprint density at radius 1 is 1.10 bits per heavy atom. The number of hydrogen-bond acceptors (Lipinski definition) is 3. The second-order valence-electron chi connectivity index (χ2n) is 7.99. The summed E-state index contributed by atoms with van der Waals surface area (Å²) in [5.74, 6) is 0.420. The highest BCUT2D eigenvalue weighted by molar-refractivity contribution is 6.32. The second-order valence-corrected chi connectivity index (χ2v) is 8.40. The van der Waals surface area contributed by atoms with Crippen molar-refractivity contribution in [2.75, 3.05) is 7.11 Å². The molecule has 1 fully saturated rings. The molecule has 0 saturated heterocycles. The van der Waals surface area contributed by atoms with E-state index in [0.717, 1.165) is 43.2 Å². The molecular formula is C25H30ClFO3. The third-order valence-electron chi connectivity index (χ3n) is 5.89. The van der Waals surface area contributed by atoms with Crippen LogP contribution in [0.25, 0.3) is 11.1 Å². The molecule has 2 aromatic rings. The van der Waals surface area contributed by atoms with E-state index in [1.807, 2.05) is 25.1 Å². The topological polar surface area (TPSA) is 35.5 Å². The van der Waals surface area contributed by atoms with Crippen molar-refractivity contribution in [1.29, 1.82) is 0 Å². The molecule has 0 unspecified atom stereocenters.